The number of nitrogens with one attached hydrogen (secondary N) is 1. The number of benzene rings is 1. The lowest BCUT2D eigenvalue weighted by molar-refractivity contribution is 0.118. The molecule has 0 saturated heterocycles. The van der Waals surface area contributed by atoms with Crippen LogP contribution in [0, 0.1) is 0 Å². The summed E-state index contributed by atoms with van der Waals surface area (Å²) in [5, 5.41) is 22.2. The van der Waals surface area contributed by atoms with E-state index in [-0.39, 0.29) is 12.1 Å². The molecule has 1 unspecified atom stereocenters. The van der Waals surface area contributed by atoms with Gasteiger partial charge in [0, 0.05) is 18.2 Å². The summed E-state index contributed by atoms with van der Waals surface area (Å²) in [6.45, 7) is 6.13. The number of nitrogens with zero attached hydrogens (tertiary/aromatic N) is 3. The Morgan fingerprint density at radius 2 is 1.96 bits per heavy atom. The maximum Gasteiger partial charge on any atom is 0.318 e. The lowest BCUT2D eigenvalue weighted by Crippen LogP contribution is -2.46. The molecule has 0 aliphatic heterocycles. The number of hydrogen-bond acceptors (Lipinski definition) is 5. The molecule has 0 saturated carbocycles. The van der Waals surface area contributed by atoms with Crippen LogP contribution in [0.2, 0.25) is 0 Å². The first-order valence-corrected chi connectivity index (χ1v) is 8.39. The molecular weight excluding hydrogens is 312 g/mol. The van der Waals surface area contributed by atoms with Gasteiger partial charge in [-0.1, -0.05) is 41.7 Å². The highest BCUT2D eigenvalue weighted by atomic mass is 32.1. The SMILES string of the molecule is CC(O)CN(C(=O)NCc1nnc(-c2ccccc2)s1)C(C)C. The fourth-order valence-corrected chi connectivity index (χ4v) is 2.87. The van der Waals surface area contributed by atoms with Gasteiger partial charge in [0.2, 0.25) is 0 Å². The van der Waals surface area contributed by atoms with Gasteiger partial charge in [-0.25, -0.2) is 4.79 Å². The maximum absolute atomic E-state index is 12.2. The van der Waals surface area contributed by atoms with Crippen molar-refractivity contribution in [2.24, 2.45) is 0 Å². The van der Waals surface area contributed by atoms with Crippen molar-refractivity contribution in [1.82, 2.24) is 20.4 Å². The molecule has 124 valence electrons. The van der Waals surface area contributed by atoms with Crippen molar-refractivity contribution in [1.29, 1.82) is 0 Å². The zero-order chi connectivity index (χ0) is 16.8. The Labute approximate surface area is 140 Å². The second-order valence-electron chi connectivity index (χ2n) is 5.62. The van der Waals surface area contributed by atoms with Crippen LogP contribution in [0.5, 0.6) is 0 Å². The molecule has 0 aliphatic rings. The molecule has 2 aromatic rings. The second-order valence-corrected chi connectivity index (χ2v) is 6.68. The summed E-state index contributed by atoms with van der Waals surface area (Å²) < 4.78 is 0. The van der Waals surface area contributed by atoms with E-state index in [1.807, 2.05) is 44.2 Å². The van der Waals surface area contributed by atoms with E-state index in [0.29, 0.717) is 13.1 Å². The predicted octanol–water partition coefficient (Wildman–Crippen LogP) is 2.51. The van der Waals surface area contributed by atoms with E-state index >= 15 is 0 Å². The van der Waals surface area contributed by atoms with Crippen molar-refractivity contribution in [2.45, 2.75) is 39.5 Å². The summed E-state index contributed by atoms with van der Waals surface area (Å²) in [6, 6.07) is 9.62. The van der Waals surface area contributed by atoms with Crippen LogP contribution in [0.3, 0.4) is 0 Å². The molecule has 1 atom stereocenters. The first-order chi connectivity index (χ1) is 11.0. The average Bonchev–Trinajstić information content (AvgIpc) is 2.99. The first-order valence-electron chi connectivity index (χ1n) is 7.57. The van der Waals surface area contributed by atoms with Crippen molar-refractivity contribution >= 4 is 17.4 Å². The van der Waals surface area contributed by atoms with Crippen molar-refractivity contribution in [3.63, 3.8) is 0 Å². The average molecular weight is 334 g/mol. The molecule has 0 fully saturated rings. The van der Waals surface area contributed by atoms with E-state index in [0.717, 1.165) is 15.6 Å². The number of rotatable bonds is 6. The lowest BCUT2D eigenvalue weighted by atomic mass is 10.2. The number of carbonyl (C=O) groups is 1. The number of amides is 2. The molecule has 1 aromatic heterocycles. The Kier molecular flexibility index (Phi) is 6.06. The fourth-order valence-electron chi connectivity index (χ4n) is 2.09. The molecule has 1 heterocycles. The molecule has 0 radical (unpaired) electrons. The Morgan fingerprint density at radius 3 is 2.57 bits per heavy atom. The van der Waals surface area contributed by atoms with Gasteiger partial charge in [-0.3, -0.25) is 0 Å². The monoisotopic (exact) mass is 334 g/mol. The second kappa shape index (κ2) is 8.03. The smallest absolute Gasteiger partial charge is 0.318 e. The van der Waals surface area contributed by atoms with E-state index in [1.54, 1.807) is 11.8 Å². The molecule has 0 bridgehead atoms. The van der Waals surface area contributed by atoms with Gasteiger partial charge in [-0.2, -0.15) is 0 Å². The molecule has 1 aromatic carbocycles. The Balaban J connectivity index is 1.95. The fraction of sp³-hybridized carbons (Fsp3) is 0.438. The Morgan fingerprint density at radius 1 is 1.26 bits per heavy atom. The van der Waals surface area contributed by atoms with E-state index in [2.05, 4.69) is 15.5 Å². The van der Waals surface area contributed by atoms with Gasteiger partial charge in [-0.15, -0.1) is 10.2 Å². The Hall–Kier alpha value is -1.99. The third-order valence-corrected chi connectivity index (χ3v) is 4.20. The van der Waals surface area contributed by atoms with Gasteiger partial charge >= 0.3 is 6.03 Å². The summed E-state index contributed by atoms with van der Waals surface area (Å²) in [6.07, 6.45) is -0.561. The molecule has 23 heavy (non-hydrogen) atoms. The van der Waals surface area contributed by atoms with Crippen molar-refractivity contribution < 1.29 is 9.90 Å². The van der Waals surface area contributed by atoms with Gasteiger partial charge in [-0.05, 0) is 20.8 Å². The third kappa shape index (κ3) is 5.01. The topological polar surface area (TPSA) is 78.4 Å². The standard InChI is InChI=1S/C16H22N4O2S/c1-11(2)20(10-12(3)21)16(22)17-9-14-18-19-15(23-14)13-7-5-4-6-8-13/h4-8,11-12,21H,9-10H2,1-3H3,(H,17,22). The summed E-state index contributed by atoms with van der Waals surface area (Å²) in [4.78, 5) is 13.8. The Bertz CT molecular complexity index is 628. The summed E-state index contributed by atoms with van der Waals surface area (Å²) in [7, 11) is 0. The minimum Gasteiger partial charge on any atom is -0.392 e. The highest BCUT2D eigenvalue weighted by Gasteiger charge is 2.18. The number of aliphatic hydroxyl groups is 1. The van der Waals surface area contributed by atoms with Crippen LogP contribution in [0.1, 0.15) is 25.8 Å². The molecule has 0 spiro atoms. The molecule has 2 rings (SSSR count). The van der Waals surface area contributed by atoms with Crippen LogP contribution in [0.15, 0.2) is 30.3 Å². The highest BCUT2D eigenvalue weighted by Crippen LogP contribution is 2.22. The minimum absolute atomic E-state index is 0.0129. The lowest BCUT2D eigenvalue weighted by Gasteiger charge is -2.27. The van der Waals surface area contributed by atoms with E-state index in [4.69, 9.17) is 0 Å². The molecular formula is C16H22N4O2S. The van der Waals surface area contributed by atoms with Crippen LogP contribution in [-0.4, -0.2) is 44.9 Å². The van der Waals surface area contributed by atoms with Crippen LogP contribution in [0.25, 0.3) is 10.6 Å². The van der Waals surface area contributed by atoms with Gasteiger partial charge in [0.1, 0.15) is 10.0 Å². The molecule has 6 nitrogen and oxygen atoms in total. The maximum atomic E-state index is 12.2. The van der Waals surface area contributed by atoms with Gasteiger partial charge in [0.15, 0.2) is 0 Å². The van der Waals surface area contributed by atoms with E-state index < -0.39 is 6.10 Å². The number of hydrogen-bond donors (Lipinski definition) is 2. The van der Waals surface area contributed by atoms with Crippen LogP contribution >= 0.6 is 11.3 Å². The van der Waals surface area contributed by atoms with Gasteiger partial charge < -0.3 is 15.3 Å². The number of carbonyl (C=O) groups excluding carboxylic acids is 1. The number of aliphatic hydroxyl groups excluding tert-OH is 1. The van der Waals surface area contributed by atoms with Gasteiger partial charge in [0.05, 0.1) is 12.6 Å². The van der Waals surface area contributed by atoms with Crippen molar-refractivity contribution in [3.8, 4) is 10.6 Å². The van der Waals surface area contributed by atoms with E-state index in [1.165, 1.54) is 11.3 Å². The van der Waals surface area contributed by atoms with Crippen LogP contribution in [0.4, 0.5) is 4.79 Å². The first kappa shape index (κ1) is 17.4. The molecule has 2 N–H and O–H groups in total. The zero-order valence-corrected chi connectivity index (χ0v) is 14.4. The van der Waals surface area contributed by atoms with E-state index in [9.17, 15) is 9.90 Å². The summed E-state index contributed by atoms with van der Waals surface area (Å²) in [5.74, 6) is 0. The normalized spacial score (nSPS) is 12.2. The molecule has 7 heteroatoms. The van der Waals surface area contributed by atoms with Crippen LogP contribution in [-0.2, 0) is 6.54 Å². The third-order valence-electron chi connectivity index (χ3n) is 3.22. The highest BCUT2D eigenvalue weighted by molar-refractivity contribution is 7.14. The van der Waals surface area contributed by atoms with Crippen molar-refractivity contribution in [2.75, 3.05) is 6.54 Å². The summed E-state index contributed by atoms with van der Waals surface area (Å²) >= 11 is 1.46. The molecule has 2 amide bonds. The molecule has 0 aliphatic carbocycles. The largest absolute Gasteiger partial charge is 0.392 e. The van der Waals surface area contributed by atoms with Crippen molar-refractivity contribution in [3.05, 3.63) is 35.3 Å². The van der Waals surface area contributed by atoms with Gasteiger partial charge in [0.25, 0.3) is 0 Å². The minimum atomic E-state index is -0.561. The summed E-state index contributed by atoms with van der Waals surface area (Å²) in [5.41, 5.74) is 1.01. The quantitative estimate of drug-likeness (QED) is 0.851. The van der Waals surface area contributed by atoms with Crippen LogP contribution < -0.4 is 5.32 Å². The zero-order valence-electron chi connectivity index (χ0n) is 13.6. The predicted molar refractivity (Wildman–Crippen MR) is 91.1 cm³/mol. The number of aromatic nitrogens is 2. The number of urea groups is 1.